The zero-order valence-electron chi connectivity index (χ0n) is 14.8. The highest BCUT2D eigenvalue weighted by atomic mass is 19.1. The molecular formula is C20H19FN4O2. The third-order valence-electron chi connectivity index (χ3n) is 3.70. The van der Waals surface area contributed by atoms with Crippen LogP contribution in [0.4, 0.5) is 4.39 Å². The summed E-state index contributed by atoms with van der Waals surface area (Å²) in [4.78, 5) is 12.1. The normalized spacial score (nSPS) is 10.9. The van der Waals surface area contributed by atoms with E-state index in [1.807, 2.05) is 31.2 Å². The number of benzene rings is 2. The van der Waals surface area contributed by atoms with E-state index in [4.69, 9.17) is 4.74 Å². The number of ether oxygens (including phenoxy) is 1. The maximum atomic E-state index is 12.8. The van der Waals surface area contributed by atoms with Crippen LogP contribution in [0.25, 0.3) is 11.3 Å². The van der Waals surface area contributed by atoms with Gasteiger partial charge in [0.1, 0.15) is 17.3 Å². The highest BCUT2D eigenvalue weighted by molar-refractivity contribution is 5.94. The van der Waals surface area contributed by atoms with Gasteiger partial charge in [0.05, 0.1) is 18.5 Å². The average Bonchev–Trinajstić information content (AvgIpc) is 3.18. The van der Waals surface area contributed by atoms with Gasteiger partial charge in [0.2, 0.25) is 0 Å². The third-order valence-corrected chi connectivity index (χ3v) is 3.70. The van der Waals surface area contributed by atoms with Crippen molar-refractivity contribution in [1.29, 1.82) is 0 Å². The lowest BCUT2D eigenvalue weighted by atomic mass is 10.1. The molecule has 0 bridgehead atoms. The van der Waals surface area contributed by atoms with Crippen LogP contribution in [0.2, 0.25) is 0 Å². The molecule has 0 aliphatic carbocycles. The lowest BCUT2D eigenvalue weighted by molar-refractivity contribution is 0.0950. The molecule has 1 amide bonds. The van der Waals surface area contributed by atoms with Gasteiger partial charge in [0.15, 0.2) is 0 Å². The van der Waals surface area contributed by atoms with Crippen molar-refractivity contribution in [2.45, 2.75) is 13.3 Å². The molecule has 27 heavy (non-hydrogen) atoms. The van der Waals surface area contributed by atoms with Crippen LogP contribution in [0.1, 0.15) is 29.4 Å². The van der Waals surface area contributed by atoms with E-state index >= 15 is 0 Å². The predicted molar refractivity (Wildman–Crippen MR) is 101 cm³/mol. The maximum Gasteiger partial charge on any atom is 0.289 e. The second kappa shape index (κ2) is 8.75. The molecule has 0 fully saturated rings. The highest BCUT2D eigenvalue weighted by Crippen LogP contribution is 2.21. The van der Waals surface area contributed by atoms with Gasteiger partial charge in [-0.1, -0.05) is 19.1 Å². The summed E-state index contributed by atoms with van der Waals surface area (Å²) < 4.78 is 18.4. The Morgan fingerprint density at radius 2 is 1.96 bits per heavy atom. The fourth-order valence-corrected chi connectivity index (χ4v) is 2.30. The van der Waals surface area contributed by atoms with Crippen LogP contribution >= 0.6 is 0 Å². The van der Waals surface area contributed by atoms with E-state index in [9.17, 15) is 9.18 Å². The van der Waals surface area contributed by atoms with E-state index in [-0.39, 0.29) is 11.5 Å². The molecule has 3 aromatic rings. The Kier molecular flexibility index (Phi) is 5.94. The summed E-state index contributed by atoms with van der Waals surface area (Å²) in [6, 6.07) is 14.9. The number of nitrogens with zero attached hydrogens (tertiary/aromatic N) is 2. The zero-order chi connectivity index (χ0) is 19.1. The number of aromatic nitrogens is 2. The van der Waals surface area contributed by atoms with Crippen LogP contribution in [0.15, 0.2) is 59.7 Å². The molecule has 0 radical (unpaired) electrons. The van der Waals surface area contributed by atoms with Crippen molar-refractivity contribution < 1.29 is 13.9 Å². The van der Waals surface area contributed by atoms with Crippen LogP contribution in [0.5, 0.6) is 5.75 Å². The van der Waals surface area contributed by atoms with Crippen LogP contribution < -0.4 is 10.2 Å². The van der Waals surface area contributed by atoms with Crippen molar-refractivity contribution in [2.24, 2.45) is 5.10 Å². The minimum atomic E-state index is -0.421. The number of rotatable bonds is 7. The number of H-pyrrole nitrogens is 1. The largest absolute Gasteiger partial charge is 0.494 e. The Bertz CT molecular complexity index is 918. The predicted octanol–water partition coefficient (Wildman–Crippen LogP) is 3.77. The quantitative estimate of drug-likeness (QED) is 0.493. The van der Waals surface area contributed by atoms with Gasteiger partial charge in [-0.15, -0.1) is 0 Å². The van der Waals surface area contributed by atoms with Gasteiger partial charge >= 0.3 is 0 Å². The summed E-state index contributed by atoms with van der Waals surface area (Å²) >= 11 is 0. The Morgan fingerprint density at radius 3 is 2.67 bits per heavy atom. The number of hydrogen-bond donors (Lipinski definition) is 2. The minimum Gasteiger partial charge on any atom is -0.494 e. The molecule has 0 aliphatic heterocycles. The molecule has 0 spiro atoms. The van der Waals surface area contributed by atoms with Gasteiger partial charge in [-0.3, -0.25) is 9.89 Å². The molecule has 1 heterocycles. The van der Waals surface area contributed by atoms with Gasteiger partial charge in [-0.25, -0.2) is 9.82 Å². The minimum absolute atomic E-state index is 0.285. The Balaban J connectivity index is 1.61. The first-order valence-corrected chi connectivity index (χ1v) is 8.53. The Labute approximate surface area is 156 Å². The number of amides is 1. The van der Waals surface area contributed by atoms with E-state index in [0.717, 1.165) is 17.7 Å². The van der Waals surface area contributed by atoms with Crippen LogP contribution in [-0.4, -0.2) is 28.9 Å². The van der Waals surface area contributed by atoms with Gasteiger partial charge in [0.25, 0.3) is 5.91 Å². The number of carbonyl (C=O) groups excluding carboxylic acids is 1. The molecule has 0 aliphatic rings. The number of halogens is 1. The maximum absolute atomic E-state index is 12.8. The standard InChI is InChI=1S/C20H19FN4O2/c1-2-11-27-17-9-5-15(6-10-17)18-12-19(24-23-18)20(26)25-22-13-14-3-7-16(21)8-4-14/h3-10,12-13H,2,11H2,1H3,(H,23,24)(H,25,26). The molecule has 3 rings (SSSR count). The molecule has 138 valence electrons. The molecule has 0 saturated heterocycles. The molecule has 2 aromatic carbocycles. The molecule has 1 aromatic heterocycles. The van der Waals surface area contributed by atoms with Crippen LogP contribution in [0, 0.1) is 5.82 Å². The number of hydrogen-bond acceptors (Lipinski definition) is 4. The number of aromatic amines is 1. The lowest BCUT2D eigenvalue weighted by Crippen LogP contribution is -2.17. The van der Waals surface area contributed by atoms with E-state index in [1.165, 1.54) is 18.3 Å². The van der Waals surface area contributed by atoms with Crippen molar-refractivity contribution in [3.63, 3.8) is 0 Å². The fourth-order valence-electron chi connectivity index (χ4n) is 2.30. The second-order valence-electron chi connectivity index (χ2n) is 5.79. The molecule has 0 atom stereocenters. The van der Waals surface area contributed by atoms with Gasteiger partial charge in [0, 0.05) is 5.56 Å². The fraction of sp³-hybridized carbons (Fsp3) is 0.150. The number of nitrogens with one attached hydrogen (secondary N) is 2. The summed E-state index contributed by atoms with van der Waals surface area (Å²) in [5.41, 5.74) is 4.87. The first-order chi connectivity index (χ1) is 13.2. The number of carbonyl (C=O) groups is 1. The van der Waals surface area contributed by atoms with E-state index in [2.05, 4.69) is 20.7 Å². The van der Waals surface area contributed by atoms with Gasteiger partial charge in [-0.05, 0) is 54.4 Å². The van der Waals surface area contributed by atoms with Gasteiger partial charge < -0.3 is 4.74 Å². The van der Waals surface area contributed by atoms with Crippen molar-refractivity contribution >= 4 is 12.1 Å². The summed E-state index contributed by atoms with van der Waals surface area (Å²) in [6.07, 6.45) is 2.38. The monoisotopic (exact) mass is 366 g/mol. The molecule has 2 N–H and O–H groups in total. The summed E-state index contributed by atoms with van der Waals surface area (Å²) in [5, 5.41) is 10.7. The smallest absolute Gasteiger partial charge is 0.289 e. The molecule has 6 nitrogen and oxygen atoms in total. The SMILES string of the molecule is CCCOc1ccc(-c2cc(C(=O)NN=Cc3ccc(F)cc3)[nH]n2)cc1. The zero-order valence-corrected chi connectivity index (χ0v) is 14.8. The van der Waals surface area contributed by atoms with Crippen molar-refractivity contribution in [3.8, 4) is 17.0 Å². The van der Waals surface area contributed by atoms with E-state index < -0.39 is 5.91 Å². The average molecular weight is 366 g/mol. The summed E-state index contributed by atoms with van der Waals surface area (Å²) in [6.45, 7) is 2.72. The topological polar surface area (TPSA) is 79.4 Å². The first kappa shape index (κ1) is 18.3. The second-order valence-corrected chi connectivity index (χ2v) is 5.79. The van der Waals surface area contributed by atoms with E-state index in [1.54, 1.807) is 18.2 Å². The first-order valence-electron chi connectivity index (χ1n) is 8.53. The van der Waals surface area contributed by atoms with Gasteiger partial charge in [-0.2, -0.15) is 10.2 Å². The van der Waals surface area contributed by atoms with Crippen molar-refractivity contribution in [2.75, 3.05) is 6.61 Å². The third kappa shape index (κ3) is 5.01. The molecule has 7 heteroatoms. The van der Waals surface area contributed by atoms with Crippen LogP contribution in [0.3, 0.4) is 0 Å². The van der Waals surface area contributed by atoms with Crippen molar-refractivity contribution in [3.05, 3.63) is 71.7 Å². The van der Waals surface area contributed by atoms with Crippen LogP contribution in [-0.2, 0) is 0 Å². The number of hydrazone groups is 1. The summed E-state index contributed by atoms with van der Waals surface area (Å²) in [5.74, 6) is 0.0466. The van der Waals surface area contributed by atoms with E-state index in [0.29, 0.717) is 17.9 Å². The summed E-state index contributed by atoms with van der Waals surface area (Å²) in [7, 11) is 0. The molecule has 0 unspecified atom stereocenters. The Morgan fingerprint density at radius 1 is 1.22 bits per heavy atom. The molecule has 0 saturated carbocycles. The van der Waals surface area contributed by atoms with Crippen molar-refractivity contribution in [1.82, 2.24) is 15.6 Å². The molecular weight excluding hydrogens is 347 g/mol. The highest BCUT2D eigenvalue weighted by Gasteiger charge is 2.10. The Hall–Kier alpha value is -3.48. The lowest BCUT2D eigenvalue weighted by Gasteiger charge is -2.04.